The Morgan fingerprint density at radius 2 is 2.38 bits per heavy atom. The van der Waals surface area contributed by atoms with Crippen molar-refractivity contribution < 1.29 is 14.3 Å². The van der Waals surface area contributed by atoms with E-state index in [-0.39, 0.29) is 6.42 Å². The van der Waals surface area contributed by atoms with E-state index >= 15 is 0 Å². The monoisotopic (exact) mass is 222 g/mol. The minimum absolute atomic E-state index is 0.248. The molecule has 3 heteroatoms. The van der Waals surface area contributed by atoms with Crippen molar-refractivity contribution in [3.8, 4) is 0 Å². The van der Waals surface area contributed by atoms with E-state index in [9.17, 15) is 4.79 Å². The molecule has 88 valence electrons. The van der Waals surface area contributed by atoms with Crippen molar-refractivity contribution in [1.29, 1.82) is 0 Å². The maximum absolute atomic E-state index is 10.3. The number of hydrogen-bond acceptors (Lipinski definition) is 2. The van der Waals surface area contributed by atoms with Crippen molar-refractivity contribution in [2.75, 3.05) is 0 Å². The van der Waals surface area contributed by atoms with E-state index in [0.29, 0.717) is 12.3 Å². The molecule has 0 saturated carbocycles. The zero-order valence-electron chi connectivity index (χ0n) is 9.56. The van der Waals surface area contributed by atoms with Crippen LogP contribution >= 0.6 is 0 Å². The van der Waals surface area contributed by atoms with Gasteiger partial charge in [0.25, 0.3) is 0 Å². The molecule has 1 aromatic heterocycles. The molecule has 0 spiro atoms. The van der Waals surface area contributed by atoms with Crippen LogP contribution < -0.4 is 0 Å². The second kappa shape index (κ2) is 6.88. The Morgan fingerprint density at radius 1 is 1.56 bits per heavy atom. The van der Waals surface area contributed by atoms with E-state index < -0.39 is 5.97 Å². The topological polar surface area (TPSA) is 50.4 Å². The highest BCUT2D eigenvalue weighted by Gasteiger charge is 2.05. The van der Waals surface area contributed by atoms with Crippen LogP contribution in [0, 0.1) is 0 Å². The fraction of sp³-hybridized carbons (Fsp3) is 0.462. The standard InChI is InChI=1S/C13H18O3/c1-11(12-8-6-10-16-12)7-4-2-3-5-9-13(14)15/h2,4,6,8,10-11H,3,5,7,9H2,1H3,(H,14,15)/b4-2-. The Morgan fingerprint density at radius 3 is 3.00 bits per heavy atom. The molecule has 1 aromatic rings. The molecule has 0 radical (unpaired) electrons. The molecule has 16 heavy (non-hydrogen) atoms. The van der Waals surface area contributed by atoms with Crippen LogP contribution in [-0.2, 0) is 4.79 Å². The second-order valence-corrected chi connectivity index (χ2v) is 3.91. The van der Waals surface area contributed by atoms with E-state index in [1.54, 1.807) is 6.26 Å². The lowest BCUT2D eigenvalue weighted by atomic mass is 10.0. The van der Waals surface area contributed by atoms with Gasteiger partial charge >= 0.3 is 5.97 Å². The van der Waals surface area contributed by atoms with Crippen LogP contribution in [0.5, 0.6) is 0 Å². The van der Waals surface area contributed by atoms with Crippen molar-refractivity contribution in [2.45, 2.75) is 38.5 Å². The smallest absolute Gasteiger partial charge is 0.303 e. The van der Waals surface area contributed by atoms with Gasteiger partial charge in [0.15, 0.2) is 0 Å². The normalized spacial score (nSPS) is 13.1. The van der Waals surface area contributed by atoms with Crippen molar-refractivity contribution in [1.82, 2.24) is 0 Å². The molecular formula is C13H18O3. The molecule has 0 fully saturated rings. The Balaban J connectivity index is 2.14. The summed E-state index contributed by atoms with van der Waals surface area (Å²) in [5, 5.41) is 8.45. The van der Waals surface area contributed by atoms with E-state index in [0.717, 1.165) is 18.6 Å². The number of unbranched alkanes of at least 4 members (excludes halogenated alkanes) is 1. The average molecular weight is 222 g/mol. The van der Waals surface area contributed by atoms with Crippen molar-refractivity contribution in [3.05, 3.63) is 36.3 Å². The third kappa shape index (κ3) is 4.82. The molecule has 1 atom stereocenters. The summed E-state index contributed by atoms with van der Waals surface area (Å²) in [5.41, 5.74) is 0. The SMILES string of the molecule is CC(C/C=C\CCCC(=O)O)c1ccco1. The Labute approximate surface area is 95.8 Å². The highest BCUT2D eigenvalue weighted by molar-refractivity contribution is 5.66. The van der Waals surface area contributed by atoms with Gasteiger partial charge in [0, 0.05) is 12.3 Å². The van der Waals surface area contributed by atoms with Gasteiger partial charge in [-0.25, -0.2) is 0 Å². The van der Waals surface area contributed by atoms with Gasteiger partial charge in [0.1, 0.15) is 5.76 Å². The van der Waals surface area contributed by atoms with Gasteiger partial charge in [-0.1, -0.05) is 19.1 Å². The van der Waals surface area contributed by atoms with Gasteiger partial charge in [-0.05, 0) is 31.4 Å². The van der Waals surface area contributed by atoms with Crippen LogP contribution in [0.2, 0.25) is 0 Å². The average Bonchev–Trinajstić information content (AvgIpc) is 2.75. The molecule has 0 aliphatic rings. The Kier molecular flexibility index (Phi) is 5.40. The number of hydrogen-bond donors (Lipinski definition) is 1. The molecule has 0 bridgehead atoms. The molecule has 0 saturated heterocycles. The first-order valence-corrected chi connectivity index (χ1v) is 5.60. The van der Waals surface area contributed by atoms with Gasteiger partial charge < -0.3 is 9.52 Å². The summed E-state index contributed by atoms with van der Waals surface area (Å²) in [5.74, 6) is 0.651. The number of carboxylic acid groups (broad SMARTS) is 1. The van der Waals surface area contributed by atoms with Gasteiger partial charge in [0.2, 0.25) is 0 Å². The molecule has 0 amide bonds. The first-order chi connectivity index (χ1) is 7.70. The highest BCUT2D eigenvalue weighted by atomic mass is 16.4. The van der Waals surface area contributed by atoms with E-state index in [1.165, 1.54) is 0 Å². The molecule has 0 aromatic carbocycles. The number of rotatable bonds is 7. The third-order valence-corrected chi connectivity index (χ3v) is 2.45. The van der Waals surface area contributed by atoms with Crippen LogP contribution in [-0.4, -0.2) is 11.1 Å². The lowest BCUT2D eigenvalue weighted by Gasteiger charge is -2.03. The van der Waals surface area contributed by atoms with E-state index in [1.807, 2.05) is 18.2 Å². The van der Waals surface area contributed by atoms with E-state index in [2.05, 4.69) is 13.0 Å². The third-order valence-electron chi connectivity index (χ3n) is 2.45. The van der Waals surface area contributed by atoms with E-state index in [4.69, 9.17) is 9.52 Å². The lowest BCUT2D eigenvalue weighted by Crippen LogP contribution is -1.92. The van der Waals surface area contributed by atoms with Crippen LogP contribution in [0.25, 0.3) is 0 Å². The van der Waals surface area contributed by atoms with Crippen LogP contribution in [0.1, 0.15) is 44.3 Å². The molecule has 1 N–H and O–H groups in total. The second-order valence-electron chi connectivity index (χ2n) is 3.91. The van der Waals surface area contributed by atoms with Crippen molar-refractivity contribution in [3.63, 3.8) is 0 Å². The van der Waals surface area contributed by atoms with Gasteiger partial charge in [-0.3, -0.25) is 4.79 Å². The Bertz CT molecular complexity index is 325. The molecular weight excluding hydrogens is 204 g/mol. The summed E-state index contributed by atoms with van der Waals surface area (Å²) >= 11 is 0. The van der Waals surface area contributed by atoms with Gasteiger partial charge in [-0.15, -0.1) is 0 Å². The maximum Gasteiger partial charge on any atom is 0.303 e. The lowest BCUT2D eigenvalue weighted by molar-refractivity contribution is -0.137. The fourth-order valence-electron chi connectivity index (χ4n) is 1.48. The first kappa shape index (κ1) is 12.6. The van der Waals surface area contributed by atoms with Crippen molar-refractivity contribution in [2.24, 2.45) is 0 Å². The summed E-state index contributed by atoms with van der Waals surface area (Å²) in [6.45, 7) is 2.11. The predicted molar refractivity (Wildman–Crippen MR) is 62.4 cm³/mol. The van der Waals surface area contributed by atoms with Gasteiger partial charge in [0.05, 0.1) is 6.26 Å². The number of carbonyl (C=O) groups is 1. The zero-order valence-corrected chi connectivity index (χ0v) is 9.56. The van der Waals surface area contributed by atoms with Crippen molar-refractivity contribution >= 4 is 5.97 Å². The maximum atomic E-state index is 10.3. The molecule has 1 rings (SSSR count). The van der Waals surface area contributed by atoms with Crippen LogP contribution in [0.3, 0.4) is 0 Å². The minimum Gasteiger partial charge on any atom is -0.481 e. The number of allylic oxidation sites excluding steroid dienone is 2. The van der Waals surface area contributed by atoms with Gasteiger partial charge in [-0.2, -0.15) is 0 Å². The largest absolute Gasteiger partial charge is 0.481 e. The minimum atomic E-state index is -0.725. The number of aliphatic carboxylic acids is 1. The predicted octanol–water partition coefficient (Wildman–Crippen LogP) is 3.58. The molecule has 0 aliphatic heterocycles. The first-order valence-electron chi connectivity index (χ1n) is 5.60. The van der Waals surface area contributed by atoms with Crippen LogP contribution in [0.4, 0.5) is 0 Å². The summed E-state index contributed by atoms with van der Waals surface area (Å²) in [6, 6.07) is 3.87. The summed E-state index contributed by atoms with van der Waals surface area (Å²) in [6.07, 6.45) is 8.54. The number of carboxylic acids is 1. The molecule has 3 nitrogen and oxygen atoms in total. The summed E-state index contributed by atoms with van der Waals surface area (Å²) in [4.78, 5) is 10.3. The summed E-state index contributed by atoms with van der Waals surface area (Å²) < 4.78 is 5.29. The Hall–Kier alpha value is -1.51. The summed E-state index contributed by atoms with van der Waals surface area (Å²) in [7, 11) is 0. The number of furan rings is 1. The fourth-order valence-corrected chi connectivity index (χ4v) is 1.48. The zero-order chi connectivity index (χ0) is 11.8. The quantitative estimate of drug-likeness (QED) is 0.566. The highest BCUT2D eigenvalue weighted by Crippen LogP contribution is 2.19. The molecule has 1 heterocycles. The van der Waals surface area contributed by atoms with Crippen LogP contribution in [0.15, 0.2) is 35.0 Å². The molecule has 0 aliphatic carbocycles. The molecule has 1 unspecified atom stereocenters.